The zero-order valence-electron chi connectivity index (χ0n) is 23.7. The molecular formula is C32H52P2S4. The molecule has 0 aromatic heterocycles. The van der Waals surface area contributed by atoms with Gasteiger partial charge in [0.25, 0.3) is 0 Å². The minimum atomic E-state index is -1.52. The van der Waals surface area contributed by atoms with Crippen LogP contribution in [0.25, 0.3) is 0 Å². The lowest BCUT2D eigenvalue weighted by Crippen LogP contribution is -2.19. The second-order valence-electron chi connectivity index (χ2n) is 12.9. The molecule has 0 spiro atoms. The maximum Gasteiger partial charge on any atom is 0.178 e. The number of hydrogen-bond acceptors (Lipinski definition) is 2. The summed E-state index contributed by atoms with van der Waals surface area (Å²) in [5.41, 5.74) is 4.84. The van der Waals surface area contributed by atoms with Gasteiger partial charge in [0, 0.05) is 59.8 Å². The molecule has 0 aliphatic heterocycles. The van der Waals surface area contributed by atoms with E-state index in [9.17, 15) is 0 Å². The van der Waals surface area contributed by atoms with Gasteiger partial charge in [-0.25, -0.2) is 0 Å². The normalized spacial score (nSPS) is 26.4. The Morgan fingerprint density at radius 3 is 1.16 bits per heavy atom. The molecule has 5 rings (SSSR count). The Balaban J connectivity index is 1.46. The molecule has 2 unspecified atom stereocenters. The second kappa shape index (κ2) is 15.1. The average Bonchev–Trinajstić information content (AvgIpc) is 2.96. The molecule has 0 amide bonds. The zero-order valence-corrected chi connectivity index (χ0v) is 28.8. The summed E-state index contributed by atoms with van der Waals surface area (Å²) in [6.07, 6.45) is 30.7. The minimum Gasteiger partial charge on any atom is -0.699 e. The second-order valence-corrected chi connectivity index (χ2v) is 30.1. The lowest BCUT2D eigenvalue weighted by molar-refractivity contribution is 0.510. The largest absolute Gasteiger partial charge is 0.699 e. The van der Waals surface area contributed by atoms with Crippen LogP contribution in [0.4, 0.5) is 0 Å². The van der Waals surface area contributed by atoms with Gasteiger partial charge in [-0.3, -0.25) is 0 Å². The van der Waals surface area contributed by atoms with Crippen molar-refractivity contribution in [2.45, 2.75) is 163 Å². The maximum atomic E-state index is 6.89. The van der Waals surface area contributed by atoms with Gasteiger partial charge < -0.3 is 24.5 Å². The minimum absolute atomic E-state index is 0.809. The molecular weight excluding hydrogens is 575 g/mol. The number of hydrogen-bond donors (Lipinski definition) is 0. The molecule has 0 saturated heterocycles. The molecule has 4 saturated carbocycles. The molecule has 1 aromatic rings. The molecule has 0 radical (unpaired) electrons. The molecule has 38 heavy (non-hydrogen) atoms. The van der Waals surface area contributed by atoms with Gasteiger partial charge in [0.1, 0.15) is 21.9 Å². The summed E-state index contributed by atoms with van der Waals surface area (Å²) >= 11 is 13.8. The summed E-state index contributed by atoms with van der Waals surface area (Å²) in [6.45, 7) is 0. The van der Waals surface area contributed by atoms with Gasteiger partial charge in [-0.15, -0.1) is 0 Å². The lowest BCUT2D eigenvalue weighted by atomic mass is 10.0. The highest BCUT2D eigenvalue weighted by atomic mass is 32.9. The molecule has 0 heterocycles. The van der Waals surface area contributed by atoms with Gasteiger partial charge in [-0.1, -0.05) is 75.6 Å². The van der Waals surface area contributed by atoms with E-state index in [1.807, 2.05) is 0 Å². The molecule has 4 aliphatic carbocycles. The van der Waals surface area contributed by atoms with Gasteiger partial charge in [-0.05, 0) is 62.5 Å². The van der Waals surface area contributed by atoms with Crippen molar-refractivity contribution < 1.29 is 0 Å². The Bertz CT molecular complexity index is 902. The first-order valence-corrected chi connectivity index (χ1v) is 25.2. The summed E-state index contributed by atoms with van der Waals surface area (Å²) in [5, 5.41) is -1.38. The first-order valence-electron chi connectivity index (χ1n) is 16.2. The third-order valence-electron chi connectivity index (χ3n) is 9.92. The fourth-order valence-electron chi connectivity index (χ4n) is 7.64. The van der Waals surface area contributed by atoms with Crippen LogP contribution < -0.4 is 0 Å². The van der Waals surface area contributed by atoms with Crippen LogP contribution in [-0.2, 0) is 58.7 Å². The van der Waals surface area contributed by atoms with Crippen molar-refractivity contribution in [3.05, 3.63) is 35.4 Å². The van der Waals surface area contributed by atoms with E-state index in [0.29, 0.717) is 0 Å². The van der Waals surface area contributed by atoms with E-state index in [1.54, 1.807) is 11.1 Å². The van der Waals surface area contributed by atoms with Crippen molar-refractivity contribution >= 4 is 56.9 Å². The van der Waals surface area contributed by atoms with Crippen LogP contribution >= 0.6 is 10.5 Å². The Hall–Kier alpha value is 1.22. The fraction of sp³-hybridized carbons (Fsp3) is 0.812. The molecule has 6 heteroatoms. The third kappa shape index (κ3) is 8.40. The smallest absolute Gasteiger partial charge is 0.178 e. The molecule has 0 nitrogen and oxygen atoms in total. The monoisotopic (exact) mass is 626 g/mol. The summed E-state index contributed by atoms with van der Waals surface area (Å²) in [6, 6.07) is 9.57. The van der Waals surface area contributed by atoms with Crippen molar-refractivity contribution in [1.29, 1.82) is 0 Å². The third-order valence-corrected chi connectivity index (χ3v) is 27.6. The highest BCUT2D eigenvalue weighted by Crippen LogP contribution is 2.62. The summed E-state index contributed by atoms with van der Waals surface area (Å²) in [4.78, 5) is 0. The quantitative estimate of drug-likeness (QED) is 0.160. The van der Waals surface area contributed by atoms with Crippen LogP contribution in [0.1, 0.15) is 140 Å². The Morgan fingerprint density at radius 1 is 0.500 bits per heavy atom. The molecule has 4 fully saturated rings. The predicted octanol–water partition coefficient (Wildman–Crippen LogP) is 11.0. The average molecular weight is 627 g/mol. The van der Waals surface area contributed by atoms with E-state index in [1.165, 1.54) is 141 Å². The van der Waals surface area contributed by atoms with E-state index < -0.39 is 10.5 Å². The van der Waals surface area contributed by atoms with E-state index in [0.717, 1.165) is 21.8 Å². The molecule has 214 valence electrons. The lowest BCUT2D eigenvalue weighted by Gasteiger charge is -2.37. The molecule has 2 atom stereocenters. The Morgan fingerprint density at radius 2 is 0.816 bits per heavy atom. The van der Waals surface area contributed by atoms with Crippen LogP contribution in [0.2, 0.25) is 0 Å². The van der Waals surface area contributed by atoms with Crippen molar-refractivity contribution in [1.82, 2.24) is 0 Å². The fourth-order valence-corrected chi connectivity index (χ4v) is 26.8. The van der Waals surface area contributed by atoms with Gasteiger partial charge in [0.2, 0.25) is 0 Å². The van der Waals surface area contributed by atoms with Crippen molar-refractivity contribution in [2.75, 3.05) is 0 Å². The summed E-state index contributed by atoms with van der Waals surface area (Å²) < 4.78 is 0. The zero-order chi connectivity index (χ0) is 26.3. The first kappa shape index (κ1) is 30.7. The standard InChI is InChI=1S/C32H52P2S4/c35-33(29-17-5-1-6-18-29,37-31-21-9-3-10-22-31)25-27-15-13-14-16-28(27)26-34(36,30-19-7-2-8-20-30)38-32-23-11-4-12-24-32/h13-16,29-32H,1-12,17-26H2. The highest BCUT2D eigenvalue weighted by Gasteiger charge is 2.35. The molecule has 1 aromatic carbocycles. The molecule has 0 bridgehead atoms. The van der Waals surface area contributed by atoms with Gasteiger partial charge >= 0.3 is 0 Å². The topological polar surface area (TPSA) is 0 Å². The first-order chi connectivity index (χ1) is 18.5. The Labute approximate surface area is 253 Å². The van der Waals surface area contributed by atoms with E-state index >= 15 is 0 Å². The number of rotatable bonds is 8. The molecule has 4 aliphatic rings. The van der Waals surface area contributed by atoms with Crippen LogP contribution in [-0.4, -0.2) is 21.8 Å². The van der Waals surface area contributed by atoms with Crippen LogP contribution in [0.15, 0.2) is 24.3 Å². The summed E-state index contributed by atoms with van der Waals surface area (Å²) in [7, 11) is 4.71. The van der Waals surface area contributed by atoms with Crippen LogP contribution in [0.5, 0.6) is 0 Å². The van der Waals surface area contributed by atoms with Crippen molar-refractivity contribution in [3.8, 4) is 0 Å². The van der Waals surface area contributed by atoms with Gasteiger partial charge in [0.05, 0.1) is 0 Å². The summed E-state index contributed by atoms with van der Waals surface area (Å²) in [5.74, 6) is 0. The van der Waals surface area contributed by atoms with Crippen molar-refractivity contribution in [3.63, 3.8) is 0 Å². The van der Waals surface area contributed by atoms with E-state index in [4.69, 9.17) is 24.5 Å². The molecule has 0 N–H and O–H groups in total. The maximum absolute atomic E-state index is 6.89. The van der Waals surface area contributed by atoms with E-state index in [2.05, 4.69) is 46.1 Å². The number of benzene rings is 1. The van der Waals surface area contributed by atoms with Gasteiger partial charge in [0.15, 0.2) is 10.5 Å². The predicted molar refractivity (Wildman–Crippen MR) is 185 cm³/mol. The van der Waals surface area contributed by atoms with Gasteiger partial charge in [-0.2, -0.15) is 0 Å². The van der Waals surface area contributed by atoms with Crippen LogP contribution in [0, 0.1) is 0 Å². The van der Waals surface area contributed by atoms with E-state index in [-0.39, 0.29) is 0 Å². The highest BCUT2D eigenvalue weighted by molar-refractivity contribution is 8.59. The van der Waals surface area contributed by atoms with Crippen LogP contribution in [0.3, 0.4) is 0 Å². The SMILES string of the molecule is [S-]P(Cc1ccccc1CP([S-])(=[S+]C1CCCCC1)C1CCCCC1)(=[S+]C1CCCCC1)C1CCCCC1. The Kier molecular flexibility index (Phi) is 12.2. The van der Waals surface area contributed by atoms with Crippen molar-refractivity contribution in [2.24, 2.45) is 0 Å².